The van der Waals surface area contributed by atoms with Crippen molar-refractivity contribution < 1.29 is 13.2 Å². The Bertz CT molecular complexity index is 1060. The van der Waals surface area contributed by atoms with Crippen molar-refractivity contribution in [3.05, 3.63) is 64.1 Å². The van der Waals surface area contributed by atoms with Gasteiger partial charge in [0.05, 0.1) is 34.7 Å². The number of halogens is 2. The van der Waals surface area contributed by atoms with E-state index in [2.05, 4.69) is 4.99 Å². The van der Waals surface area contributed by atoms with E-state index < -0.39 is 9.84 Å². The van der Waals surface area contributed by atoms with Crippen LogP contribution in [0.5, 0.6) is 0 Å². The van der Waals surface area contributed by atoms with Crippen molar-refractivity contribution in [2.75, 3.05) is 16.4 Å². The molecule has 28 heavy (non-hydrogen) atoms. The summed E-state index contributed by atoms with van der Waals surface area (Å²) in [4.78, 5) is 18.7. The molecule has 2 aromatic rings. The number of amides is 1. The number of carbonyl (C=O) groups excluding carboxylic acids is 1. The second kappa shape index (κ2) is 7.71. The molecule has 4 rings (SSSR count). The van der Waals surface area contributed by atoms with Crippen LogP contribution in [0.4, 0.5) is 5.69 Å². The molecule has 2 aromatic carbocycles. The van der Waals surface area contributed by atoms with Crippen molar-refractivity contribution in [1.29, 1.82) is 0 Å². The van der Waals surface area contributed by atoms with Crippen molar-refractivity contribution >= 4 is 61.6 Å². The fraction of sp³-hybridized carbons (Fsp3) is 0.263. The Morgan fingerprint density at radius 1 is 1.11 bits per heavy atom. The lowest BCUT2D eigenvalue weighted by molar-refractivity contribution is -0.117. The molecular weight excluding hydrogens is 439 g/mol. The lowest BCUT2D eigenvalue weighted by Crippen LogP contribution is -2.38. The summed E-state index contributed by atoms with van der Waals surface area (Å²) >= 11 is 13.6. The summed E-state index contributed by atoms with van der Waals surface area (Å²) in [6.45, 7) is 0. The van der Waals surface area contributed by atoms with Gasteiger partial charge in [0.1, 0.15) is 0 Å². The van der Waals surface area contributed by atoms with E-state index in [1.165, 1.54) is 11.8 Å². The zero-order valence-electron chi connectivity index (χ0n) is 14.6. The van der Waals surface area contributed by atoms with Crippen LogP contribution in [0.1, 0.15) is 5.56 Å². The van der Waals surface area contributed by atoms with Gasteiger partial charge >= 0.3 is 0 Å². The van der Waals surface area contributed by atoms with Crippen LogP contribution in [-0.2, 0) is 21.1 Å². The van der Waals surface area contributed by atoms with E-state index in [4.69, 9.17) is 23.2 Å². The molecule has 2 atom stereocenters. The Labute approximate surface area is 177 Å². The van der Waals surface area contributed by atoms with Crippen LogP contribution in [0.15, 0.2) is 53.5 Å². The molecule has 1 amide bonds. The van der Waals surface area contributed by atoms with Crippen molar-refractivity contribution in [3.8, 4) is 0 Å². The average Bonchev–Trinajstić information content (AvgIpc) is 3.08. The van der Waals surface area contributed by atoms with Gasteiger partial charge in [0.2, 0.25) is 0 Å². The molecule has 0 N–H and O–H groups in total. The number of hydrogen-bond donors (Lipinski definition) is 0. The normalized spacial score (nSPS) is 24.5. The molecule has 2 aliphatic heterocycles. The van der Waals surface area contributed by atoms with Gasteiger partial charge in [-0.05, 0) is 29.8 Å². The number of sulfone groups is 1. The van der Waals surface area contributed by atoms with Crippen molar-refractivity contribution in [1.82, 2.24) is 0 Å². The highest BCUT2D eigenvalue weighted by Gasteiger charge is 2.49. The molecule has 0 bridgehead atoms. The summed E-state index contributed by atoms with van der Waals surface area (Å²) in [6, 6.07) is 13.9. The predicted octanol–water partition coefficient (Wildman–Crippen LogP) is 3.84. The Morgan fingerprint density at radius 2 is 1.82 bits per heavy atom. The third kappa shape index (κ3) is 4.08. The van der Waals surface area contributed by atoms with Gasteiger partial charge in [0.25, 0.3) is 5.91 Å². The van der Waals surface area contributed by atoms with Gasteiger partial charge in [-0.1, -0.05) is 59.2 Å². The maximum atomic E-state index is 12.6. The number of fused-ring (bicyclic) bond motifs is 1. The minimum Gasteiger partial charge on any atom is -0.314 e. The van der Waals surface area contributed by atoms with Gasteiger partial charge in [-0.15, -0.1) is 0 Å². The number of benzene rings is 2. The fourth-order valence-corrected chi connectivity index (χ4v) is 7.69. The molecule has 5 nitrogen and oxygen atoms in total. The van der Waals surface area contributed by atoms with Gasteiger partial charge in [0.15, 0.2) is 15.0 Å². The number of rotatable bonds is 3. The number of hydrogen-bond acceptors (Lipinski definition) is 4. The standard InChI is InChI=1S/C19H16Cl2N2O3S2/c20-13-7-5-12(6-8-13)9-18(24)22-19-23(15-4-2-1-3-14(15)21)16-10-28(25,26)11-17(16)27-19/h1-8,16-17H,9-11H2. The first-order chi connectivity index (χ1) is 13.3. The minimum absolute atomic E-state index is 0.0281. The molecule has 2 saturated heterocycles. The topological polar surface area (TPSA) is 66.8 Å². The van der Waals surface area contributed by atoms with Crippen LogP contribution < -0.4 is 4.90 Å². The summed E-state index contributed by atoms with van der Waals surface area (Å²) in [5.41, 5.74) is 1.48. The quantitative estimate of drug-likeness (QED) is 0.704. The summed E-state index contributed by atoms with van der Waals surface area (Å²) < 4.78 is 24.2. The summed E-state index contributed by atoms with van der Waals surface area (Å²) in [5, 5.41) is 1.43. The van der Waals surface area contributed by atoms with Crippen LogP contribution >= 0.6 is 35.0 Å². The number of para-hydroxylation sites is 1. The monoisotopic (exact) mass is 454 g/mol. The first-order valence-electron chi connectivity index (χ1n) is 8.59. The van der Waals surface area contributed by atoms with Crippen molar-refractivity contribution in [2.24, 2.45) is 4.99 Å². The Morgan fingerprint density at radius 3 is 2.54 bits per heavy atom. The lowest BCUT2D eigenvalue weighted by atomic mass is 10.1. The zero-order valence-corrected chi connectivity index (χ0v) is 17.7. The molecule has 146 valence electrons. The maximum absolute atomic E-state index is 12.6. The molecule has 0 aromatic heterocycles. The summed E-state index contributed by atoms with van der Waals surface area (Å²) in [6.07, 6.45) is 0.144. The minimum atomic E-state index is -3.12. The number of nitrogens with zero attached hydrogens (tertiary/aromatic N) is 2. The van der Waals surface area contributed by atoms with Gasteiger partial charge in [-0.3, -0.25) is 4.79 Å². The van der Waals surface area contributed by atoms with Crippen molar-refractivity contribution in [3.63, 3.8) is 0 Å². The molecule has 0 aliphatic carbocycles. The Hall–Kier alpha value is -1.54. The number of carbonyl (C=O) groups is 1. The van der Waals surface area contributed by atoms with Crippen LogP contribution in [0, 0.1) is 0 Å². The van der Waals surface area contributed by atoms with Gasteiger partial charge in [0, 0.05) is 10.3 Å². The van der Waals surface area contributed by atoms with Crippen LogP contribution in [-0.4, -0.2) is 42.3 Å². The molecule has 0 saturated carbocycles. The van der Waals surface area contributed by atoms with Gasteiger partial charge in [-0.25, -0.2) is 8.42 Å². The molecule has 2 fully saturated rings. The number of thioether (sulfide) groups is 1. The van der Waals surface area contributed by atoms with E-state index in [9.17, 15) is 13.2 Å². The van der Waals surface area contributed by atoms with Gasteiger partial charge in [-0.2, -0.15) is 4.99 Å². The largest absolute Gasteiger partial charge is 0.314 e. The second-order valence-corrected chi connectivity index (χ2v) is 10.9. The van der Waals surface area contributed by atoms with E-state index in [1.54, 1.807) is 36.4 Å². The zero-order chi connectivity index (χ0) is 19.9. The van der Waals surface area contributed by atoms with Gasteiger partial charge < -0.3 is 4.90 Å². The highest BCUT2D eigenvalue weighted by molar-refractivity contribution is 8.16. The molecule has 0 spiro atoms. The van der Waals surface area contributed by atoms with E-state index in [-0.39, 0.29) is 35.1 Å². The maximum Gasteiger partial charge on any atom is 0.252 e. The molecular formula is C19H16Cl2N2O3S2. The fourth-order valence-electron chi connectivity index (χ4n) is 3.42. The molecule has 9 heteroatoms. The van der Waals surface area contributed by atoms with Crippen LogP contribution in [0.2, 0.25) is 10.0 Å². The average molecular weight is 455 g/mol. The second-order valence-electron chi connectivity index (χ2n) is 6.71. The number of amidine groups is 1. The third-order valence-corrected chi connectivity index (χ3v) is 8.45. The van der Waals surface area contributed by atoms with E-state index >= 15 is 0 Å². The lowest BCUT2D eigenvalue weighted by Gasteiger charge is -2.25. The van der Waals surface area contributed by atoms with Crippen LogP contribution in [0.25, 0.3) is 0 Å². The summed E-state index contributed by atoms with van der Waals surface area (Å²) in [5.74, 6) is -0.196. The molecule has 2 unspecified atom stereocenters. The van der Waals surface area contributed by atoms with E-state index in [1.807, 2.05) is 17.0 Å². The van der Waals surface area contributed by atoms with E-state index in [0.29, 0.717) is 20.9 Å². The molecule has 2 aliphatic rings. The third-order valence-electron chi connectivity index (χ3n) is 4.67. The first kappa shape index (κ1) is 19.8. The van der Waals surface area contributed by atoms with Crippen LogP contribution in [0.3, 0.4) is 0 Å². The highest BCUT2D eigenvalue weighted by Crippen LogP contribution is 2.42. The smallest absolute Gasteiger partial charge is 0.252 e. The van der Waals surface area contributed by atoms with Crippen molar-refractivity contribution in [2.45, 2.75) is 17.7 Å². The Kier molecular flexibility index (Phi) is 5.44. The molecule has 0 radical (unpaired) electrons. The van der Waals surface area contributed by atoms with E-state index in [0.717, 1.165) is 5.56 Å². The number of aliphatic imine (C=N–C) groups is 1. The SMILES string of the molecule is O=C(Cc1ccc(Cl)cc1)N=C1SC2CS(=O)(=O)CC2N1c1ccccc1Cl. The predicted molar refractivity (Wildman–Crippen MR) is 115 cm³/mol. The molecule has 2 heterocycles. The summed E-state index contributed by atoms with van der Waals surface area (Å²) in [7, 11) is -3.12. The highest BCUT2D eigenvalue weighted by atomic mass is 35.5. The first-order valence-corrected chi connectivity index (χ1v) is 12.0. The number of anilines is 1. The Balaban J connectivity index is 1.65.